The molecule has 7 heteroatoms. The molecule has 0 saturated carbocycles. The summed E-state index contributed by atoms with van der Waals surface area (Å²) in [6, 6.07) is 6.10. The lowest BCUT2D eigenvalue weighted by Crippen LogP contribution is -2.46. The Morgan fingerprint density at radius 3 is 2.63 bits per heavy atom. The Hall–Kier alpha value is -1.99. The molecule has 0 aromatic heterocycles. The van der Waals surface area contributed by atoms with Gasteiger partial charge >= 0.3 is 0 Å². The molecule has 2 aliphatic heterocycles. The van der Waals surface area contributed by atoms with Crippen LogP contribution in [-0.2, 0) is 11.2 Å². The number of guanidine groups is 1. The van der Waals surface area contributed by atoms with E-state index in [0.29, 0.717) is 19.0 Å². The van der Waals surface area contributed by atoms with Gasteiger partial charge in [0.15, 0.2) is 17.5 Å². The third kappa shape index (κ3) is 6.01. The molecule has 2 heterocycles. The minimum Gasteiger partial charge on any atom is -0.454 e. The Balaban J connectivity index is 1.31. The molecule has 0 aliphatic carbocycles. The normalized spacial score (nSPS) is 22.7. The monoisotopic (exact) mass is 376 g/mol. The summed E-state index contributed by atoms with van der Waals surface area (Å²) in [6.07, 6.45) is 2.64. The highest BCUT2D eigenvalue weighted by Gasteiger charge is 2.21. The van der Waals surface area contributed by atoms with Gasteiger partial charge in [-0.1, -0.05) is 6.07 Å². The zero-order valence-corrected chi connectivity index (χ0v) is 16.7. The molecule has 27 heavy (non-hydrogen) atoms. The van der Waals surface area contributed by atoms with Crippen LogP contribution in [0.2, 0.25) is 0 Å². The van der Waals surface area contributed by atoms with Gasteiger partial charge in [0.1, 0.15) is 0 Å². The quantitative estimate of drug-likeness (QED) is 0.428. The molecule has 0 spiro atoms. The lowest BCUT2D eigenvalue weighted by Gasteiger charge is -2.35. The van der Waals surface area contributed by atoms with Crippen molar-refractivity contribution >= 4 is 5.96 Å². The number of fused-ring (bicyclic) bond motifs is 1. The number of ether oxygens (including phenoxy) is 3. The van der Waals surface area contributed by atoms with Crippen molar-refractivity contribution in [1.29, 1.82) is 0 Å². The van der Waals surface area contributed by atoms with E-state index in [9.17, 15) is 0 Å². The van der Waals surface area contributed by atoms with Gasteiger partial charge in [-0.25, -0.2) is 0 Å². The molecule has 2 aliphatic rings. The summed E-state index contributed by atoms with van der Waals surface area (Å²) in [4.78, 5) is 6.78. The van der Waals surface area contributed by atoms with Crippen LogP contribution in [-0.4, -0.2) is 69.6 Å². The summed E-state index contributed by atoms with van der Waals surface area (Å²) in [5, 5.41) is 6.77. The fourth-order valence-electron chi connectivity index (χ4n) is 3.62. The predicted molar refractivity (Wildman–Crippen MR) is 107 cm³/mol. The van der Waals surface area contributed by atoms with Crippen molar-refractivity contribution in [3.63, 3.8) is 0 Å². The van der Waals surface area contributed by atoms with Crippen LogP contribution in [0, 0.1) is 0 Å². The van der Waals surface area contributed by atoms with Gasteiger partial charge in [-0.2, -0.15) is 0 Å². The largest absolute Gasteiger partial charge is 0.454 e. The van der Waals surface area contributed by atoms with Crippen LogP contribution in [0.25, 0.3) is 0 Å². The minimum atomic E-state index is 0.315. The maximum Gasteiger partial charge on any atom is 0.231 e. The van der Waals surface area contributed by atoms with Gasteiger partial charge in [0, 0.05) is 39.8 Å². The van der Waals surface area contributed by atoms with Crippen molar-refractivity contribution in [3.05, 3.63) is 23.8 Å². The van der Waals surface area contributed by atoms with Crippen molar-refractivity contribution in [1.82, 2.24) is 15.5 Å². The maximum absolute atomic E-state index is 5.78. The second kappa shape index (κ2) is 9.80. The first kappa shape index (κ1) is 19.8. The minimum absolute atomic E-state index is 0.315. The first-order chi connectivity index (χ1) is 13.1. The van der Waals surface area contributed by atoms with Crippen molar-refractivity contribution < 1.29 is 14.2 Å². The van der Waals surface area contributed by atoms with Crippen LogP contribution in [0.15, 0.2) is 23.2 Å². The first-order valence-electron chi connectivity index (χ1n) is 9.85. The molecule has 2 N–H and O–H groups in total. The third-order valence-electron chi connectivity index (χ3n) is 4.81. The second-order valence-electron chi connectivity index (χ2n) is 7.23. The molecular formula is C20H32N4O3. The van der Waals surface area contributed by atoms with E-state index in [-0.39, 0.29) is 0 Å². The molecule has 0 bridgehead atoms. The van der Waals surface area contributed by atoms with Crippen molar-refractivity contribution in [3.8, 4) is 11.5 Å². The molecule has 150 valence electrons. The van der Waals surface area contributed by atoms with Gasteiger partial charge in [-0.05, 0) is 44.4 Å². The van der Waals surface area contributed by atoms with Crippen LogP contribution in [0.1, 0.15) is 25.8 Å². The Labute approximate surface area is 162 Å². The van der Waals surface area contributed by atoms with Crippen LogP contribution >= 0.6 is 0 Å². The molecule has 2 atom stereocenters. The highest BCUT2D eigenvalue weighted by molar-refractivity contribution is 5.79. The molecule has 0 radical (unpaired) electrons. The van der Waals surface area contributed by atoms with E-state index in [1.165, 1.54) is 5.56 Å². The summed E-state index contributed by atoms with van der Waals surface area (Å²) in [7, 11) is 1.81. The third-order valence-corrected chi connectivity index (χ3v) is 4.81. The lowest BCUT2D eigenvalue weighted by molar-refractivity contribution is -0.0679. The molecule has 1 saturated heterocycles. The molecular weight excluding hydrogens is 344 g/mol. The van der Waals surface area contributed by atoms with E-state index in [2.05, 4.69) is 40.4 Å². The zero-order chi connectivity index (χ0) is 19.1. The smallest absolute Gasteiger partial charge is 0.231 e. The van der Waals surface area contributed by atoms with E-state index < -0.39 is 0 Å². The maximum atomic E-state index is 5.78. The average molecular weight is 377 g/mol. The van der Waals surface area contributed by atoms with Gasteiger partial charge in [0.05, 0.1) is 12.2 Å². The number of nitrogens with one attached hydrogen (secondary N) is 2. The summed E-state index contributed by atoms with van der Waals surface area (Å²) >= 11 is 0. The average Bonchev–Trinajstić information content (AvgIpc) is 3.10. The Kier molecular flexibility index (Phi) is 7.18. The predicted octanol–water partition coefficient (Wildman–Crippen LogP) is 1.62. The van der Waals surface area contributed by atoms with E-state index in [1.54, 1.807) is 7.05 Å². The Morgan fingerprint density at radius 2 is 1.85 bits per heavy atom. The molecule has 3 rings (SSSR count). The van der Waals surface area contributed by atoms with E-state index in [1.807, 2.05) is 12.1 Å². The van der Waals surface area contributed by atoms with Crippen LogP contribution < -0.4 is 20.1 Å². The number of aliphatic imine (C=N–C) groups is 1. The topological polar surface area (TPSA) is 67.4 Å². The molecule has 1 fully saturated rings. The number of hydrogen-bond acceptors (Lipinski definition) is 5. The number of nitrogens with zero attached hydrogens (tertiary/aromatic N) is 2. The number of morpholine rings is 1. The Bertz CT molecular complexity index is 628. The highest BCUT2D eigenvalue weighted by Crippen LogP contribution is 2.32. The molecule has 7 nitrogen and oxygen atoms in total. The van der Waals surface area contributed by atoms with Crippen LogP contribution in [0.4, 0.5) is 0 Å². The molecule has 1 aromatic carbocycles. The number of hydrogen-bond donors (Lipinski definition) is 2. The number of rotatable bonds is 7. The first-order valence-corrected chi connectivity index (χ1v) is 9.85. The van der Waals surface area contributed by atoms with Crippen molar-refractivity contribution in [2.75, 3.05) is 46.6 Å². The Morgan fingerprint density at radius 1 is 1.11 bits per heavy atom. The van der Waals surface area contributed by atoms with Crippen molar-refractivity contribution in [2.45, 2.75) is 38.9 Å². The van der Waals surface area contributed by atoms with Gasteiger partial charge in [-0.15, -0.1) is 0 Å². The SMILES string of the molecule is CN=C(NCCCN1CC(C)OC(C)C1)NCCc1ccc2c(c1)OCO2. The van der Waals surface area contributed by atoms with Crippen LogP contribution in [0.5, 0.6) is 11.5 Å². The number of benzene rings is 1. The summed E-state index contributed by atoms with van der Waals surface area (Å²) in [6.45, 7) is 9.45. The van der Waals surface area contributed by atoms with Gasteiger partial charge in [0.25, 0.3) is 0 Å². The summed E-state index contributed by atoms with van der Waals surface area (Å²) < 4.78 is 16.6. The second-order valence-corrected chi connectivity index (χ2v) is 7.23. The van der Waals surface area contributed by atoms with E-state index in [0.717, 1.165) is 63.0 Å². The van der Waals surface area contributed by atoms with Crippen LogP contribution in [0.3, 0.4) is 0 Å². The summed E-state index contributed by atoms with van der Waals surface area (Å²) in [5.41, 5.74) is 1.22. The molecule has 1 aromatic rings. The van der Waals surface area contributed by atoms with Crippen molar-refractivity contribution in [2.24, 2.45) is 4.99 Å². The molecule has 0 amide bonds. The zero-order valence-electron chi connectivity index (χ0n) is 16.7. The fraction of sp³-hybridized carbons (Fsp3) is 0.650. The lowest BCUT2D eigenvalue weighted by atomic mass is 10.1. The van der Waals surface area contributed by atoms with Gasteiger partial charge in [-0.3, -0.25) is 9.89 Å². The van der Waals surface area contributed by atoms with E-state index >= 15 is 0 Å². The molecule has 2 unspecified atom stereocenters. The standard InChI is InChI=1S/C20H32N4O3/c1-15-12-24(13-16(2)27-15)10-4-8-22-20(21-3)23-9-7-17-5-6-18-19(11-17)26-14-25-18/h5-6,11,15-16H,4,7-10,12-14H2,1-3H3,(H2,21,22,23). The van der Waals surface area contributed by atoms with Gasteiger partial charge in [0.2, 0.25) is 6.79 Å². The van der Waals surface area contributed by atoms with Gasteiger partial charge < -0.3 is 24.8 Å². The fourth-order valence-corrected chi connectivity index (χ4v) is 3.62. The highest BCUT2D eigenvalue weighted by atomic mass is 16.7. The summed E-state index contributed by atoms with van der Waals surface area (Å²) in [5.74, 6) is 2.51. The van der Waals surface area contributed by atoms with E-state index in [4.69, 9.17) is 14.2 Å².